The number of piperidine rings is 1. The summed E-state index contributed by atoms with van der Waals surface area (Å²) < 4.78 is 18.5. The molecule has 0 aromatic heterocycles. The maximum absolute atomic E-state index is 13.6. The molecule has 2 amide bonds. The van der Waals surface area contributed by atoms with Crippen molar-refractivity contribution in [1.82, 2.24) is 9.80 Å². The Kier molecular flexibility index (Phi) is 4.27. The summed E-state index contributed by atoms with van der Waals surface area (Å²) in [6.45, 7) is 2.28. The average molecular weight is 306 g/mol. The number of carbonyl (C=O) groups is 2. The Labute approximate surface area is 128 Å². The summed E-state index contributed by atoms with van der Waals surface area (Å²) in [7, 11) is 0. The van der Waals surface area contributed by atoms with Crippen molar-refractivity contribution < 1.29 is 18.7 Å². The molecule has 118 valence electrons. The van der Waals surface area contributed by atoms with E-state index in [1.165, 1.54) is 6.07 Å². The lowest BCUT2D eigenvalue weighted by atomic mass is 10.0. The van der Waals surface area contributed by atoms with Gasteiger partial charge in [0, 0.05) is 19.1 Å². The van der Waals surface area contributed by atoms with E-state index in [0.29, 0.717) is 31.8 Å². The van der Waals surface area contributed by atoms with Gasteiger partial charge in [0.15, 0.2) is 0 Å². The highest BCUT2D eigenvalue weighted by molar-refractivity contribution is 5.79. The molecule has 2 aliphatic heterocycles. The molecular formula is C16H19FN2O3. The molecule has 2 aliphatic rings. The number of rotatable bonds is 3. The lowest BCUT2D eigenvalue weighted by Crippen LogP contribution is -2.47. The molecule has 0 radical (unpaired) electrons. The molecule has 0 aliphatic carbocycles. The van der Waals surface area contributed by atoms with Crippen molar-refractivity contribution >= 4 is 12.0 Å². The second-order valence-electron chi connectivity index (χ2n) is 5.69. The van der Waals surface area contributed by atoms with Crippen LogP contribution < -0.4 is 0 Å². The minimum absolute atomic E-state index is 0.0625. The summed E-state index contributed by atoms with van der Waals surface area (Å²) in [6.07, 6.45) is 1.33. The second kappa shape index (κ2) is 6.34. The molecule has 0 bridgehead atoms. The van der Waals surface area contributed by atoms with Crippen molar-refractivity contribution in [2.24, 2.45) is 0 Å². The molecule has 0 unspecified atom stereocenters. The van der Waals surface area contributed by atoms with Crippen LogP contribution in [0.5, 0.6) is 0 Å². The van der Waals surface area contributed by atoms with Crippen LogP contribution in [0.2, 0.25) is 0 Å². The van der Waals surface area contributed by atoms with E-state index < -0.39 is 0 Å². The van der Waals surface area contributed by atoms with Gasteiger partial charge in [-0.15, -0.1) is 0 Å². The van der Waals surface area contributed by atoms with Crippen LogP contribution in [-0.2, 0) is 16.0 Å². The van der Waals surface area contributed by atoms with Gasteiger partial charge in [-0.2, -0.15) is 0 Å². The van der Waals surface area contributed by atoms with Crippen LogP contribution in [0.1, 0.15) is 18.4 Å². The van der Waals surface area contributed by atoms with Gasteiger partial charge in [0.2, 0.25) is 5.91 Å². The van der Waals surface area contributed by atoms with Crippen LogP contribution in [0, 0.1) is 5.82 Å². The molecule has 0 N–H and O–H groups in total. The number of halogens is 1. The quantitative estimate of drug-likeness (QED) is 0.856. The number of cyclic esters (lactones) is 1. The normalized spacial score (nSPS) is 19.4. The van der Waals surface area contributed by atoms with Crippen molar-refractivity contribution in [2.75, 3.05) is 26.2 Å². The fraction of sp³-hybridized carbons (Fsp3) is 0.500. The number of hydrogen-bond acceptors (Lipinski definition) is 3. The fourth-order valence-corrected chi connectivity index (χ4v) is 3.08. The predicted molar refractivity (Wildman–Crippen MR) is 77.8 cm³/mol. The molecule has 0 saturated carbocycles. The summed E-state index contributed by atoms with van der Waals surface area (Å²) in [5, 5.41) is 0. The van der Waals surface area contributed by atoms with Gasteiger partial charge in [-0.1, -0.05) is 18.2 Å². The molecule has 2 saturated heterocycles. The third-order valence-corrected chi connectivity index (χ3v) is 4.35. The average Bonchev–Trinajstić information content (AvgIpc) is 2.96. The van der Waals surface area contributed by atoms with Gasteiger partial charge in [0.1, 0.15) is 12.4 Å². The Morgan fingerprint density at radius 2 is 1.95 bits per heavy atom. The van der Waals surface area contributed by atoms with Crippen LogP contribution in [0.15, 0.2) is 24.3 Å². The van der Waals surface area contributed by atoms with Gasteiger partial charge in [-0.3, -0.25) is 4.79 Å². The smallest absolute Gasteiger partial charge is 0.410 e. The Balaban J connectivity index is 1.54. The van der Waals surface area contributed by atoms with E-state index in [1.54, 1.807) is 28.0 Å². The third-order valence-electron chi connectivity index (χ3n) is 4.35. The summed E-state index contributed by atoms with van der Waals surface area (Å²) in [5.74, 6) is -0.405. The lowest BCUT2D eigenvalue weighted by Gasteiger charge is -2.35. The van der Waals surface area contributed by atoms with Gasteiger partial charge < -0.3 is 14.5 Å². The zero-order valence-corrected chi connectivity index (χ0v) is 12.3. The summed E-state index contributed by atoms with van der Waals surface area (Å²) in [5.41, 5.74) is 0.428. The first-order valence-electron chi connectivity index (χ1n) is 7.60. The van der Waals surface area contributed by atoms with Crippen LogP contribution in [0.25, 0.3) is 0 Å². The largest absolute Gasteiger partial charge is 0.448 e. The van der Waals surface area contributed by atoms with Crippen LogP contribution >= 0.6 is 0 Å². The Morgan fingerprint density at radius 3 is 2.59 bits per heavy atom. The highest BCUT2D eigenvalue weighted by atomic mass is 19.1. The van der Waals surface area contributed by atoms with Crippen molar-refractivity contribution in [3.8, 4) is 0 Å². The standard InChI is InChI=1S/C16H19FN2O3/c17-14-4-2-1-3-12(14)11-15(20)18-7-5-13(6-8-18)19-9-10-22-16(19)21/h1-4,13H,5-11H2. The molecule has 5 nitrogen and oxygen atoms in total. The number of amides is 2. The maximum atomic E-state index is 13.6. The molecule has 1 aromatic carbocycles. The van der Waals surface area contributed by atoms with E-state index in [1.807, 2.05) is 0 Å². The molecule has 2 fully saturated rings. The van der Waals surface area contributed by atoms with Gasteiger partial charge in [-0.05, 0) is 24.5 Å². The minimum Gasteiger partial charge on any atom is -0.448 e. The number of ether oxygens (including phenoxy) is 1. The first-order valence-corrected chi connectivity index (χ1v) is 7.60. The predicted octanol–water partition coefficient (Wildman–Crippen LogP) is 1.81. The van der Waals surface area contributed by atoms with E-state index >= 15 is 0 Å². The number of carbonyl (C=O) groups excluding carboxylic acids is 2. The molecule has 1 aromatic rings. The van der Waals surface area contributed by atoms with E-state index in [4.69, 9.17) is 4.74 Å². The van der Waals surface area contributed by atoms with Crippen molar-refractivity contribution in [2.45, 2.75) is 25.3 Å². The molecular weight excluding hydrogens is 287 g/mol. The SMILES string of the molecule is O=C(Cc1ccccc1F)N1CCC(N2CCOC2=O)CC1. The first-order chi connectivity index (χ1) is 10.6. The highest BCUT2D eigenvalue weighted by Gasteiger charge is 2.33. The molecule has 3 rings (SSSR count). The first kappa shape index (κ1) is 14.8. The fourth-order valence-electron chi connectivity index (χ4n) is 3.08. The van der Waals surface area contributed by atoms with Crippen LogP contribution in [-0.4, -0.2) is 54.1 Å². The monoisotopic (exact) mass is 306 g/mol. The second-order valence-corrected chi connectivity index (χ2v) is 5.69. The Morgan fingerprint density at radius 1 is 1.23 bits per heavy atom. The summed E-state index contributed by atoms with van der Waals surface area (Å²) in [6, 6.07) is 6.50. The number of benzene rings is 1. The van der Waals surface area contributed by atoms with Crippen LogP contribution in [0.4, 0.5) is 9.18 Å². The van der Waals surface area contributed by atoms with Crippen molar-refractivity contribution in [1.29, 1.82) is 0 Å². The summed E-state index contributed by atoms with van der Waals surface area (Å²) in [4.78, 5) is 27.3. The van der Waals surface area contributed by atoms with Crippen LogP contribution in [0.3, 0.4) is 0 Å². The minimum atomic E-state index is -0.342. The highest BCUT2D eigenvalue weighted by Crippen LogP contribution is 2.20. The van der Waals surface area contributed by atoms with Gasteiger partial charge in [0.25, 0.3) is 0 Å². The third kappa shape index (κ3) is 3.05. The topological polar surface area (TPSA) is 49.9 Å². The van der Waals surface area contributed by atoms with Crippen molar-refractivity contribution in [3.63, 3.8) is 0 Å². The molecule has 2 heterocycles. The number of nitrogens with zero attached hydrogens (tertiary/aromatic N) is 2. The number of hydrogen-bond donors (Lipinski definition) is 0. The molecule has 0 atom stereocenters. The lowest BCUT2D eigenvalue weighted by molar-refractivity contribution is -0.131. The number of likely N-dealkylation sites (tertiary alicyclic amines) is 1. The van der Waals surface area contributed by atoms with E-state index in [2.05, 4.69) is 0 Å². The van der Waals surface area contributed by atoms with E-state index in [-0.39, 0.29) is 30.3 Å². The molecule has 6 heteroatoms. The summed E-state index contributed by atoms with van der Waals surface area (Å²) >= 11 is 0. The Hall–Kier alpha value is -2.11. The van der Waals surface area contributed by atoms with Gasteiger partial charge in [-0.25, -0.2) is 9.18 Å². The van der Waals surface area contributed by atoms with E-state index in [9.17, 15) is 14.0 Å². The maximum Gasteiger partial charge on any atom is 0.410 e. The van der Waals surface area contributed by atoms with Gasteiger partial charge in [0.05, 0.1) is 13.0 Å². The van der Waals surface area contributed by atoms with Gasteiger partial charge >= 0.3 is 6.09 Å². The zero-order chi connectivity index (χ0) is 15.5. The zero-order valence-electron chi connectivity index (χ0n) is 12.3. The Bertz CT molecular complexity index is 570. The molecule has 22 heavy (non-hydrogen) atoms. The molecule has 0 spiro atoms. The van der Waals surface area contributed by atoms with E-state index in [0.717, 1.165) is 12.8 Å². The van der Waals surface area contributed by atoms with Crippen molar-refractivity contribution in [3.05, 3.63) is 35.6 Å².